The van der Waals surface area contributed by atoms with Crippen molar-refractivity contribution in [1.29, 1.82) is 0 Å². The van der Waals surface area contributed by atoms with Crippen LogP contribution in [0.4, 0.5) is 19.0 Å². The van der Waals surface area contributed by atoms with Gasteiger partial charge in [-0.2, -0.15) is 18.3 Å². The predicted octanol–water partition coefficient (Wildman–Crippen LogP) is 6.17. The zero-order valence-corrected chi connectivity index (χ0v) is 21.0. The van der Waals surface area contributed by atoms with Gasteiger partial charge in [0.1, 0.15) is 16.7 Å². The second-order valence-corrected chi connectivity index (χ2v) is 9.26. The van der Waals surface area contributed by atoms with Crippen LogP contribution in [0.25, 0.3) is 16.7 Å². The molecular weight excluding hydrogens is 522 g/mol. The van der Waals surface area contributed by atoms with Gasteiger partial charge in [0, 0.05) is 18.1 Å². The van der Waals surface area contributed by atoms with Crippen LogP contribution in [0.1, 0.15) is 17.0 Å². The molecule has 6 nitrogen and oxygen atoms in total. The third kappa shape index (κ3) is 5.20. The standard InChI is InChI=1S/C23H20Cl2F3N5OS/c1-13-29-20(32(8-9-34)12-14-6-4-3-5-7-14)18-21(30-13)33(31-22(18)35-2)19-16(23(26,27)28)10-15(24)11-17(19)25/h3-7,10-11,34H,8-9,12H2,1-2H3. The van der Waals surface area contributed by atoms with E-state index >= 15 is 0 Å². The molecule has 0 aliphatic rings. The molecule has 0 atom stereocenters. The van der Waals surface area contributed by atoms with Gasteiger partial charge in [-0.15, -0.1) is 11.8 Å². The summed E-state index contributed by atoms with van der Waals surface area (Å²) >= 11 is 13.4. The van der Waals surface area contributed by atoms with Crippen LogP contribution < -0.4 is 4.90 Å². The Bertz CT molecular complexity index is 1370. The highest BCUT2D eigenvalue weighted by Gasteiger charge is 2.37. The van der Waals surface area contributed by atoms with Crippen molar-refractivity contribution in [3.05, 3.63) is 69.5 Å². The Hall–Kier alpha value is -2.53. The van der Waals surface area contributed by atoms with Crippen molar-refractivity contribution in [2.24, 2.45) is 0 Å². The Morgan fingerprint density at radius 1 is 1.11 bits per heavy atom. The van der Waals surface area contributed by atoms with E-state index in [2.05, 4.69) is 15.1 Å². The highest BCUT2D eigenvalue weighted by molar-refractivity contribution is 7.98. The van der Waals surface area contributed by atoms with E-state index in [4.69, 9.17) is 23.2 Å². The molecule has 0 spiro atoms. The molecular formula is C23H20Cl2F3N5OS. The normalized spacial score (nSPS) is 11.9. The first-order valence-corrected chi connectivity index (χ1v) is 12.4. The lowest BCUT2D eigenvalue weighted by molar-refractivity contribution is -0.137. The van der Waals surface area contributed by atoms with Gasteiger partial charge in [-0.3, -0.25) is 0 Å². The number of anilines is 1. The van der Waals surface area contributed by atoms with E-state index in [9.17, 15) is 18.3 Å². The molecule has 35 heavy (non-hydrogen) atoms. The van der Waals surface area contributed by atoms with Crippen molar-refractivity contribution in [2.45, 2.75) is 24.7 Å². The van der Waals surface area contributed by atoms with E-state index in [1.54, 1.807) is 13.2 Å². The topological polar surface area (TPSA) is 67.1 Å². The van der Waals surface area contributed by atoms with Gasteiger partial charge in [-0.25, -0.2) is 14.6 Å². The fourth-order valence-electron chi connectivity index (χ4n) is 3.79. The molecule has 0 amide bonds. The van der Waals surface area contributed by atoms with E-state index in [0.717, 1.165) is 16.3 Å². The molecule has 0 saturated heterocycles. The molecule has 0 unspecified atom stereocenters. The quantitative estimate of drug-likeness (QED) is 0.282. The first-order chi connectivity index (χ1) is 16.6. The van der Waals surface area contributed by atoms with Crippen molar-refractivity contribution in [1.82, 2.24) is 19.7 Å². The zero-order valence-electron chi connectivity index (χ0n) is 18.6. The monoisotopic (exact) mass is 541 g/mol. The van der Waals surface area contributed by atoms with E-state index in [1.165, 1.54) is 17.8 Å². The Morgan fingerprint density at radius 3 is 2.46 bits per heavy atom. The van der Waals surface area contributed by atoms with Crippen LogP contribution in [0.5, 0.6) is 0 Å². The number of aliphatic hydroxyl groups is 1. The highest BCUT2D eigenvalue weighted by Crippen LogP contribution is 2.42. The molecule has 0 aliphatic heterocycles. The first-order valence-electron chi connectivity index (χ1n) is 10.4. The molecule has 0 aliphatic carbocycles. The summed E-state index contributed by atoms with van der Waals surface area (Å²) in [7, 11) is 0. The van der Waals surface area contributed by atoms with Crippen LogP contribution in [0, 0.1) is 6.92 Å². The maximum Gasteiger partial charge on any atom is 0.418 e. The van der Waals surface area contributed by atoms with Gasteiger partial charge in [0.05, 0.1) is 28.3 Å². The van der Waals surface area contributed by atoms with Gasteiger partial charge < -0.3 is 10.0 Å². The number of fused-ring (bicyclic) bond motifs is 1. The Balaban J connectivity index is 2.00. The lowest BCUT2D eigenvalue weighted by atomic mass is 10.1. The van der Waals surface area contributed by atoms with Crippen LogP contribution in [0.15, 0.2) is 47.5 Å². The minimum absolute atomic E-state index is 0.142. The molecule has 0 bridgehead atoms. The van der Waals surface area contributed by atoms with Gasteiger partial charge in [0.25, 0.3) is 0 Å². The molecule has 2 aromatic heterocycles. The molecule has 4 aromatic rings. The number of hydrogen-bond donors (Lipinski definition) is 1. The van der Waals surface area contributed by atoms with Crippen molar-refractivity contribution >= 4 is 51.8 Å². The van der Waals surface area contributed by atoms with Crippen molar-refractivity contribution in [3.8, 4) is 5.69 Å². The number of aryl methyl sites for hydroxylation is 1. The van der Waals surface area contributed by atoms with Gasteiger partial charge in [0.2, 0.25) is 0 Å². The summed E-state index contributed by atoms with van der Waals surface area (Å²) < 4.78 is 43.0. The molecule has 2 heterocycles. The average Bonchev–Trinajstić information content (AvgIpc) is 3.16. The smallest absolute Gasteiger partial charge is 0.395 e. The molecule has 0 saturated carbocycles. The third-order valence-electron chi connectivity index (χ3n) is 5.21. The fourth-order valence-corrected chi connectivity index (χ4v) is 4.91. The van der Waals surface area contributed by atoms with Gasteiger partial charge in [-0.05, 0) is 30.9 Å². The summed E-state index contributed by atoms with van der Waals surface area (Å²) in [5.74, 6) is 0.788. The molecule has 4 rings (SSSR count). The number of halogens is 5. The zero-order chi connectivity index (χ0) is 25.3. The summed E-state index contributed by atoms with van der Waals surface area (Å²) in [6.07, 6.45) is -2.97. The summed E-state index contributed by atoms with van der Waals surface area (Å²) in [5.41, 5.74) is -0.248. The largest absolute Gasteiger partial charge is 0.418 e. The Labute approximate surface area is 213 Å². The average molecular weight is 542 g/mol. The fraction of sp³-hybridized carbons (Fsp3) is 0.261. The number of hydrogen-bond acceptors (Lipinski definition) is 6. The predicted molar refractivity (Wildman–Crippen MR) is 133 cm³/mol. The molecule has 1 N–H and O–H groups in total. The molecule has 0 radical (unpaired) electrons. The maximum atomic E-state index is 14.0. The maximum absolute atomic E-state index is 14.0. The summed E-state index contributed by atoms with van der Waals surface area (Å²) in [4.78, 5) is 10.9. The summed E-state index contributed by atoms with van der Waals surface area (Å²) in [6.45, 7) is 2.16. The summed E-state index contributed by atoms with van der Waals surface area (Å²) in [6, 6.07) is 11.6. The minimum Gasteiger partial charge on any atom is -0.395 e. The first kappa shape index (κ1) is 25.6. The number of aromatic nitrogens is 4. The molecule has 0 fully saturated rings. The van der Waals surface area contributed by atoms with Crippen LogP contribution >= 0.6 is 35.0 Å². The Morgan fingerprint density at radius 2 is 1.83 bits per heavy atom. The second-order valence-electron chi connectivity index (χ2n) is 7.63. The molecule has 12 heteroatoms. The lowest BCUT2D eigenvalue weighted by Gasteiger charge is -2.24. The van der Waals surface area contributed by atoms with E-state index in [1.807, 2.05) is 35.2 Å². The molecule has 184 valence electrons. The number of rotatable bonds is 7. The van der Waals surface area contributed by atoms with Gasteiger partial charge in [-0.1, -0.05) is 53.5 Å². The third-order valence-corrected chi connectivity index (χ3v) is 6.39. The van der Waals surface area contributed by atoms with E-state index in [-0.39, 0.29) is 34.5 Å². The second kappa shape index (κ2) is 10.2. The van der Waals surface area contributed by atoms with Gasteiger partial charge in [0.15, 0.2) is 5.65 Å². The van der Waals surface area contributed by atoms with Crippen molar-refractivity contribution in [3.63, 3.8) is 0 Å². The van der Waals surface area contributed by atoms with E-state index in [0.29, 0.717) is 28.6 Å². The summed E-state index contributed by atoms with van der Waals surface area (Å²) in [5, 5.41) is 14.7. The van der Waals surface area contributed by atoms with E-state index < -0.39 is 11.7 Å². The number of alkyl halides is 3. The highest BCUT2D eigenvalue weighted by atomic mass is 35.5. The van der Waals surface area contributed by atoms with Crippen molar-refractivity contribution in [2.75, 3.05) is 24.3 Å². The number of aliphatic hydroxyl groups excluding tert-OH is 1. The Kier molecular flexibility index (Phi) is 7.46. The van der Waals surface area contributed by atoms with Crippen LogP contribution in [-0.2, 0) is 12.7 Å². The van der Waals surface area contributed by atoms with Crippen LogP contribution in [-0.4, -0.2) is 44.3 Å². The van der Waals surface area contributed by atoms with Gasteiger partial charge >= 0.3 is 6.18 Å². The SMILES string of the molecule is CSc1nn(-c2c(Cl)cc(Cl)cc2C(F)(F)F)c2nc(C)nc(N(CCO)Cc3ccccc3)c12. The number of nitrogens with zero attached hydrogens (tertiary/aromatic N) is 5. The number of thioether (sulfide) groups is 1. The minimum atomic E-state index is -4.73. The van der Waals surface area contributed by atoms with Crippen LogP contribution in [0.3, 0.4) is 0 Å². The lowest BCUT2D eigenvalue weighted by Crippen LogP contribution is -2.27. The molecule has 2 aromatic carbocycles. The van der Waals surface area contributed by atoms with Crippen molar-refractivity contribution < 1.29 is 18.3 Å². The number of benzene rings is 2. The van der Waals surface area contributed by atoms with Crippen LogP contribution in [0.2, 0.25) is 10.0 Å².